The number of hydrogen-bond acceptors (Lipinski definition) is 3. The van der Waals surface area contributed by atoms with E-state index < -0.39 is 0 Å². The molecule has 0 fully saturated rings. The molecule has 0 spiro atoms. The van der Waals surface area contributed by atoms with Crippen molar-refractivity contribution in [2.75, 3.05) is 0 Å². The molecule has 2 rings (SSSR count). The minimum atomic E-state index is 0.678. The molecule has 1 N–H and O–H groups in total. The summed E-state index contributed by atoms with van der Waals surface area (Å²) in [5.41, 5.74) is 1.30. The van der Waals surface area contributed by atoms with E-state index in [1.807, 2.05) is 0 Å². The largest absolute Gasteiger partial charge is 0.444 e. The van der Waals surface area contributed by atoms with Gasteiger partial charge in [-0.1, -0.05) is 13.8 Å². The van der Waals surface area contributed by atoms with Gasteiger partial charge < -0.3 is 14.3 Å². The van der Waals surface area contributed by atoms with Gasteiger partial charge >= 0.3 is 0 Å². The van der Waals surface area contributed by atoms with Crippen LogP contribution in [0.1, 0.15) is 37.6 Å². The molecule has 0 aromatic carbocycles. The fraction of sp³-hybridized carbons (Fsp3) is 0.500. The van der Waals surface area contributed by atoms with Crippen molar-refractivity contribution < 1.29 is 4.42 Å². The summed E-state index contributed by atoms with van der Waals surface area (Å²) >= 11 is 0. The highest BCUT2D eigenvalue weighted by Gasteiger charge is 2.03. The molecule has 2 aromatic rings. The Morgan fingerprint density at radius 3 is 2.94 bits per heavy atom. The third-order valence-electron chi connectivity index (χ3n) is 2.92. The van der Waals surface area contributed by atoms with Gasteiger partial charge in [-0.05, 0) is 18.6 Å². The molecule has 2 heterocycles. The molecule has 0 radical (unpaired) electrons. The fourth-order valence-corrected chi connectivity index (χ4v) is 1.96. The summed E-state index contributed by atoms with van der Waals surface area (Å²) in [5, 5.41) is 3.36. The van der Waals surface area contributed by atoms with E-state index in [9.17, 15) is 0 Å². The van der Waals surface area contributed by atoms with Crippen LogP contribution in [0.5, 0.6) is 0 Å². The minimum Gasteiger partial charge on any atom is -0.444 e. The topological polar surface area (TPSA) is 43.0 Å². The van der Waals surface area contributed by atoms with Crippen molar-refractivity contribution in [2.45, 2.75) is 46.3 Å². The third kappa shape index (κ3) is 3.23. The van der Waals surface area contributed by atoms with Crippen LogP contribution in [0.3, 0.4) is 0 Å². The van der Waals surface area contributed by atoms with Crippen LogP contribution < -0.4 is 5.32 Å². The number of hydrogen-bond donors (Lipinski definition) is 1. The molecule has 0 bridgehead atoms. The van der Waals surface area contributed by atoms with Gasteiger partial charge in [0.15, 0.2) is 0 Å². The van der Waals surface area contributed by atoms with E-state index in [-0.39, 0.29) is 0 Å². The van der Waals surface area contributed by atoms with Crippen LogP contribution >= 0.6 is 0 Å². The van der Waals surface area contributed by atoms with Crippen LogP contribution in [0, 0.1) is 0 Å². The van der Waals surface area contributed by atoms with Crippen LogP contribution in [0.25, 0.3) is 0 Å². The molecule has 2 aromatic heterocycles. The van der Waals surface area contributed by atoms with Crippen molar-refractivity contribution >= 4 is 0 Å². The standard InChI is InChI=1S/C14H21N3O/c1-3-7-17-8-5-6-12(17)9-15-11-14-16-10-13(4-2)18-14/h5-6,8,10,15H,3-4,7,9,11H2,1-2H3. The summed E-state index contributed by atoms with van der Waals surface area (Å²) in [6, 6.07) is 4.24. The number of aromatic nitrogens is 2. The highest BCUT2D eigenvalue weighted by molar-refractivity contribution is 5.07. The molecule has 0 aliphatic carbocycles. The predicted octanol–water partition coefficient (Wildman–Crippen LogP) is 2.74. The minimum absolute atomic E-state index is 0.678. The summed E-state index contributed by atoms with van der Waals surface area (Å²) in [7, 11) is 0. The number of oxazole rings is 1. The van der Waals surface area contributed by atoms with Gasteiger partial charge in [0.2, 0.25) is 5.89 Å². The Hall–Kier alpha value is -1.55. The van der Waals surface area contributed by atoms with E-state index in [4.69, 9.17) is 4.42 Å². The molecule has 0 amide bonds. The molecule has 0 atom stereocenters. The first-order chi connectivity index (χ1) is 8.83. The Kier molecular flexibility index (Phi) is 4.59. The van der Waals surface area contributed by atoms with Gasteiger partial charge in [0.25, 0.3) is 0 Å². The fourth-order valence-electron chi connectivity index (χ4n) is 1.96. The van der Waals surface area contributed by atoms with Gasteiger partial charge in [-0.3, -0.25) is 0 Å². The summed E-state index contributed by atoms with van der Waals surface area (Å²) < 4.78 is 7.83. The van der Waals surface area contributed by atoms with Crippen molar-refractivity contribution in [3.8, 4) is 0 Å². The quantitative estimate of drug-likeness (QED) is 0.818. The summed E-state index contributed by atoms with van der Waals surface area (Å²) in [4.78, 5) is 4.23. The van der Waals surface area contributed by atoms with E-state index in [2.05, 4.69) is 47.0 Å². The lowest BCUT2D eigenvalue weighted by Crippen LogP contribution is -2.15. The Bertz CT molecular complexity index is 473. The average molecular weight is 247 g/mol. The van der Waals surface area contributed by atoms with Gasteiger partial charge in [-0.2, -0.15) is 0 Å². The zero-order valence-electron chi connectivity index (χ0n) is 11.1. The molecule has 0 saturated carbocycles. The van der Waals surface area contributed by atoms with E-state index in [1.165, 1.54) is 5.69 Å². The lowest BCUT2D eigenvalue weighted by molar-refractivity contribution is 0.436. The van der Waals surface area contributed by atoms with Gasteiger partial charge in [-0.15, -0.1) is 0 Å². The van der Waals surface area contributed by atoms with Crippen LogP contribution in [-0.2, 0) is 26.1 Å². The van der Waals surface area contributed by atoms with E-state index in [1.54, 1.807) is 6.20 Å². The zero-order chi connectivity index (χ0) is 12.8. The molecular weight excluding hydrogens is 226 g/mol. The SMILES string of the molecule is CCCn1cccc1CNCc1ncc(CC)o1. The first-order valence-corrected chi connectivity index (χ1v) is 6.61. The van der Waals surface area contributed by atoms with Crippen LogP contribution in [0.4, 0.5) is 0 Å². The van der Waals surface area contributed by atoms with Crippen molar-refractivity contribution in [3.63, 3.8) is 0 Å². The van der Waals surface area contributed by atoms with Gasteiger partial charge in [0, 0.05) is 31.4 Å². The van der Waals surface area contributed by atoms with Crippen molar-refractivity contribution in [1.29, 1.82) is 0 Å². The highest BCUT2D eigenvalue weighted by atomic mass is 16.4. The first-order valence-electron chi connectivity index (χ1n) is 6.61. The number of aryl methyl sites for hydroxylation is 2. The number of rotatable bonds is 7. The third-order valence-corrected chi connectivity index (χ3v) is 2.92. The van der Waals surface area contributed by atoms with Crippen molar-refractivity contribution in [2.24, 2.45) is 0 Å². The second-order valence-electron chi connectivity index (χ2n) is 4.37. The highest BCUT2D eigenvalue weighted by Crippen LogP contribution is 2.06. The Morgan fingerprint density at radius 2 is 2.22 bits per heavy atom. The Balaban J connectivity index is 1.82. The van der Waals surface area contributed by atoms with E-state index in [0.29, 0.717) is 6.54 Å². The van der Waals surface area contributed by atoms with Crippen molar-refractivity contribution in [3.05, 3.63) is 41.9 Å². The molecule has 0 saturated heterocycles. The number of nitrogens with zero attached hydrogens (tertiary/aromatic N) is 2. The van der Waals surface area contributed by atoms with E-state index in [0.717, 1.165) is 37.6 Å². The Labute approximate surface area is 108 Å². The monoisotopic (exact) mass is 247 g/mol. The molecule has 0 aliphatic heterocycles. The number of nitrogens with one attached hydrogen (secondary N) is 1. The lowest BCUT2D eigenvalue weighted by Gasteiger charge is -2.08. The molecule has 4 nitrogen and oxygen atoms in total. The lowest BCUT2D eigenvalue weighted by atomic mass is 10.4. The maximum absolute atomic E-state index is 5.55. The van der Waals surface area contributed by atoms with E-state index >= 15 is 0 Å². The predicted molar refractivity (Wildman–Crippen MR) is 71.1 cm³/mol. The maximum Gasteiger partial charge on any atom is 0.208 e. The summed E-state index contributed by atoms with van der Waals surface area (Å²) in [5.74, 6) is 1.71. The maximum atomic E-state index is 5.55. The first kappa shape index (κ1) is 12.9. The summed E-state index contributed by atoms with van der Waals surface area (Å²) in [6.45, 7) is 6.85. The molecule has 4 heteroatoms. The van der Waals surface area contributed by atoms with Crippen LogP contribution in [0.15, 0.2) is 28.9 Å². The molecule has 98 valence electrons. The van der Waals surface area contributed by atoms with Gasteiger partial charge in [0.1, 0.15) is 5.76 Å². The Morgan fingerprint density at radius 1 is 1.33 bits per heavy atom. The molecular formula is C14H21N3O. The average Bonchev–Trinajstić information content (AvgIpc) is 3.00. The van der Waals surface area contributed by atoms with Crippen molar-refractivity contribution in [1.82, 2.24) is 14.9 Å². The molecule has 0 aliphatic rings. The van der Waals surface area contributed by atoms with Gasteiger partial charge in [0.05, 0.1) is 12.7 Å². The smallest absolute Gasteiger partial charge is 0.208 e. The molecule has 0 unspecified atom stereocenters. The summed E-state index contributed by atoms with van der Waals surface area (Å²) in [6.07, 6.45) is 5.98. The zero-order valence-corrected chi connectivity index (χ0v) is 11.1. The van der Waals surface area contributed by atoms with Crippen LogP contribution in [-0.4, -0.2) is 9.55 Å². The second-order valence-corrected chi connectivity index (χ2v) is 4.37. The second kappa shape index (κ2) is 6.40. The van der Waals surface area contributed by atoms with Crippen LogP contribution in [0.2, 0.25) is 0 Å². The van der Waals surface area contributed by atoms with Gasteiger partial charge in [-0.25, -0.2) is 4.98 Å². The molecule has 18 heavy (non-hydrogen) atoms. The normalized spacial score (nSPS) is 11.0.